The van der Waals surface area contributed by atoms with Gasteiger partial charge >= 0.3 is 0 Å². The summed E-state index contributed by atoms with van der Waals surface area (Å²) in [6.45, 7) is 3.45. The fraction of sp³-hybridized carbons (Fsp3) is 0.0400. The molecule has 0 unspecified atom stereocenters. The number of carbonyl (C=O) groups is 2. The number of phenolic OH excluding ortho intramolecular Hbond substituents is 1. The number of aromatic hydroxyl groups is 1. The largest absolute Gasteiger partial charge is 0.507 e. The third-order valence-electron chi connectivity index (χ3n) is 5.14. The number of fused-ring (bicyclic) bond motifs is 1. The van der Waals surface area contributed by atoms with Crippen molar-refractivity contribution in [3.05, 3.63) is 114 Å². The Labute approximate surface area is 191 Å². The van der Waals surface area contributed by atoms with Crippen LogP contribution in [0.2, 0.25) is 0 Å². The van der Waals surface area contributed by atoms with Crippen LogP contribution in [0.1, 0.15) is 26.3 Å². The van der Waals surface area contributed by atoms with Crippen molar-refractivity contribution >= 4 is 27.4 Å². The van der Waals surface area contributed by atoms with E-state index in [4.69, 9.17) is 0 Å². The number of Topliss-reactive ketones (excluding diaryl/α,β-unsaturated/α-hetero) is 1. The number of carbonyl (C=O) groups excluding carboxylic acids is 2. The van der Waals surface area contributed by atoms with Crippen LogP contribution in [0, 0.1) is 0 Å². The highest BCUT2D eigenvalue weighted by Crippen LogP contribution is 2.37. The molecular weight excluding hydrogens is 440 g/mol. The number of allylic oxidation sites excluding steroid dienone is 1. The summed E-state index contributed by atoms with van der Waals surface area (Å²) in [5, 5.41) is 12.8. The van der Waals surface area contributed by atoms with E-state index in [2.05, 4.69) is 11.9 Å². The minimum atomic E-state index is -4.11. The van der Waals surface area contributed by atoms with Gasteiger partial charge in [-0.25, -0.2) is 8.42 Å². The maximum absolute atomic E-state index is 13.6. The first-order valence-electron chi connectivity index (χ1n) is 10.0. The van der Waals surface area contributed by atoms with Crippen LogP contribution in [-0.4, -0.2) is 36.1 Å². The van der Waals surface area contributed by atoms with Gasteiger partial charge in [-0.1, -0.05) is 66.7 Å². The lowest BCUT2D eigenvalue weighted by atomic mass is 10.0. The van der Waals surface area contributed by atoms with Crippen LogP contribution in [0.25, 0.3) is 5.70 Å². The quantitative estimate of drug-likeness (QED) is 0.432. The maximum Gasteiger partial charge on any atom is 0.265 e. The monoisotopic (exact) mass is 460 g/mol. The lowest BCUT2D eigenvalue weighted by Gasteiger charge is -2.33. The Morgan fingerprint density at radius 1 is 0.939 bits per heavy atom. The van der Waals surface area contributed by atoms with Crippen LogP contribution in [0.4, 0.5) is 0 Å². The molecule has 0 saturated carbocycles. The molecule has 7 nitrogen and oxygen atoms in total. The van der Waals surface area contributed by atoms with Crippen LogP contribution < -0.4 is 5.32 Å². The Kier molecular flexibility index (Phi) is 5.85. The first kappa shape index (κ1) is 22.0. The number of para-hydroxylation sites is 1. The average Bonchev–Trinajstić information content (AvgIpc) is 2.83. The van der Waals surface area contributed by atoms with Crippen molar-refractivity contribution in [1.29, 1.82) is 0 Å². The number of nitrogens with one attached hydrogen (secondary N) is 1. The molecule has 2 N–H and O–H groups in total. The molecule has 1 aliphatic rings. The zero-order valence-corrected chi connectivity index (χ0v) is 18.2. The lowest BCUT2D eigenvalue weighted by molar-refractivity contribution is 0.0970. The van der Waals surface area contributed by atoms with E-state index in [1.54, 1.807) is 54.6 Å². The smallest absolute Gasteiger partial charge is 0.265 e. The van der Waals surface area contributed by atoms with E-state index < -0.39 is 21.7 Å². The number of sulfonamides is 1. The molecule has 0 radical (unpaired) electrons. The van der Waals surface area contributed by atoms with E-state index in [0.717, 1.165) is 4.31 Å². The predicted octanol–water partition coefficient (Wildman–Crippen LogP) is 3.56. The molecule has 0 fully saturated rings. The Morgan fingerprint density at radius 2 is 1.58 bits per heavy atom. The van der Waals surface area contributed by atoms with E-state index in [1.165, 1.54) is 30.3 Å². The van der Waals surface area contributed by atoms with Gasteiger partial charge < -0.3 is 10.4 Å². The van der Waals surface area contributed by atoms with Gasteiger partial charge in [0.05, 0.1) is 22.7 Å². The summed E-state index contributed by atoms with van der Waals surface area (Å²) in [6.07, 6.45) is 1.37. The van der Waals surface area contributed by atoms with Crippen LogP contribution in [0.3, 0.4) is 0 Å². The van der Waals surface area contributed by atoms with Crippen LogP contribution in [0.5, 0.6) is 5.75 Å². The summed E-state index contributed by atoms with van der Waals surface area (Å²) >= 11 is 0. The zero-order chi connectivity index (χ0) is 23.6. The number of benzene rings is 3. The number of nitrogens with zero attached hydrogens (tertiary/aromatic N) is 1. The fourth-order valence-electron chi connectivity index (χ4n) is 3.62. The molecular formula is C25H20N2O5S. The Bertz CT molecular complexity index is 1400. The van der Waals surface area contributed by atoms with Gasteiger partial charge in [0.2, 0.25) is 5.78 Å². The fourth-order valence-corrected chi connectivity index (χ4v) is 5.27. The van der Waals surface area contributed by atoms with E-state index in [9.17, 15) is 23.1 Å². The van der Waals surface area contributed by atoms with Crippen LogP contribution in [0.15, 0.2) is 102 Å². The first-order valence-corrected chi connectivity index (χ1v) is 11.5. The molecule has 0 saturated heterocycles. The van der Waals surface area contributed by atoms with Gasteiger partial charge in [0.25, 0.3) is 15.9 Å². The highest BCUT2D eigenvalue weighted by molar-refractivity contribution is 7.89. The molecule has 8 heteroatoms. The summed E-state index contributed by atoms with van der Waals surface area (Å²) in [4.78, 5) is 26.6. The minimum Gasteiger partial charge on any atom is -0.507 e. The molecule has 1 amide bonds. The summed E-state index contributed by atoms with van der Waals surface area (Å²) in [5.74, 6) is -1.51. The number of ketones is 1. The molecule has 1 aliphatic heterocycles. The molecule has 0 atom stereocenters. The Balaban J connectivity index is 1.98. The molecule has 1 heterocycles. The van der Waals surface area contributed by atoms with Crippen molar-refractivity contribution < 1.29 is 23.1 Å². The first-order chi connectivity index (χ1) is 15.9. The highest BCUT2D eigenvalue weighted by Gasteiger charge is 2.40. The van der Waals surface area contributed by atoms with Gasteiger partial charge in [-0.15, -0.1) is 6.58 Å². The standard InChI is InChI=1S/C25H20N2O5S/c1-2-16-27-23(24(29)17-10-4-3-5-11-17)22(19-13-7-9-15-21(19)33(27,31)32)26-25(30)18-12-6-8-14-20(18)28/h2-15,28H,1,16H2,(H,26,30). The molecule has 0 bridgehead atoms. The summed E-state index contributed by atoms with van der Waals surface area (Å²) < 4.78 is 27.8. The summed E-state index contributed by atoms with van der Waals surface area (Å²) in [6, 6.07) is 20.3. The minimum absolute atomic E-state index is 0.0160. The average molecular weight is 461 g/mol. The number of rotatable bonds is 6. The van der Waals surface area contributed by atoms with Crippen molar-refractivity contribution in [2.75, 3.05) is 6.54 Å². The van der Waals surface area contributed by atoms with Crippen LogP contribution in [-0.2, 0) is 10.0 Å². The van der Waals surface area contributed by atoms with Crippen molar-refractivity contribution in [3.8, 4) is 5.75 Å². The predicted molar refractivity (Wildman–Crippen MR) is 124 cm³/mol. The molecule has 0 aromatic heterocycles. The summed E-state index contributed by atoms with van der Waals surface area (Å²) in [7, 11) is -4.11. The number of phenols is 1. The molecule has 4 rings (SSSR count). The highest BCUT2D eigenvalue weighted by atomic mass is 32.2. The van der Waals surface area contributed by atoms with Gasteiger partial charge in [-0.05, 0) is 18.2 Å². The second-order valence-corrected chi connectivity index (χ2v) is 9.04. The van der Waals surface area contributed by atoms with Crippen molar-refractivity contribution in [1.82, 2.24) is 9.62 Å². The molecule has 33 heavy (non-hydrogen) atoms. The maximum atomic E-state index is 13.6. The van der Waals surface area contributed by atoms with Crippen molar-refractivity contribution in [3.63, 3.8) is 0 Å². The molecule has 0 spiro atoms. The lowest BCUT2D eigenvalue weighted by Crippen LogP contribution is -2.41. The van der Waals surface area contributed by atoms with Crippen LogP contribution >= 0.6 is 0 Å². The van der Waals surface area contributed by atoms with Gasteiger partial charge in [-0.3, -0.25) is 13.9 Å². The third kappa shape index (κ3) is 3.92. The normalized spacial score (nSPS) is 14.4. The van der Waals surface area contributed by atoms with Gasteiger partial charge in [-0.2, -0.15) is 0 Å². The molecule has 3 aromatic rings. The van der Waals surface area contributed by atoms with Gasteiger partial charge in [0, 0.05) is 11.1 Å². The molecule has 3 aromatic carbocycles. The Morgan fingerprint density at radius 3 is 2.27 bits per heavy atom. The second kappa shape index (κ2) is 8.76. The Hall–Kier alpha value is -4.17. The topological polar surface area (TPSA) is 104 Å². The SMILES string of the molecule is C=CCN1C(C(=O)c2ccccc2)=C(NC(=O)c2ccccc2O)c2ccccc2S1(=O)=O. The van der Waals surface area contributed by atoms with Crippen molar-refractivity contribution in [2.45, 2.75) is 4.90 Å². The van der Waals surface area contributed by atoms with E-state index in [-0.39, 0.29) is 45.3 Å². The number of hydrogen-bond acceptors (Lipinski definition) is 5. The molecule has 0 aliphatic carbocycles. The molecule has 166 valence electrons. The van der Waals surface area contributed by atoms with E-state index in [1.807, 2.05) is 0 Å². The number of hydrogen-bond donors (Lipinski definition) is 2. The van der Waals surface area contributed by atoms with E-state index >= 15 is 0 Å². The van der Waals surface area contributed by atoms with Gasteiger partial charge in [0.15, 0.2) is 0 Å². The summed E-state index contributed by atoms with van der Waals surface area (Å²) in [5.41, 5.74) is 0.247. The third-order valence-corrected chi connectivity index (χ3v) is 6.97. The van der Waals surface area contributed by atoms with Gasteiger partial charge in [0.1, 0.15) is 11.4 Å². The number of amides is 1. The van der Waals surface area contributed by atoms with Crippen molar-refractivity contribution in [2.24, 2.45) is 0 Å². The zero-order valence-electron chi connectivity index (χ0n) is 17.4. The van der Waals surface area contributed by atoms with E-state index in [0.29, 0.717) is 0 Å². The second-order valence-electron chi connectivity index (χ2n) is 7.21.